The van der Waals surface area contributed by atoms with Crippen molar-refractivity contribution in [1.82, 2.24) is 19.2 Å². The highest BCUT2D eigenvalue weighted by molar-refractivity contribution is 7.88. The number of fused-ring (bicyclic) bond motifs is 1. The molecule has 1 aromatic heterocycles. The zero-order chi connectivity index (χ0) is 21.5. The van der Waals surface area contributed by atoms with Gasteiger partial charge in [-0.25, -0.2) is 17.8 Å². The van der Waals surface area contributed by atoms with Crippen LogP contribution in [0.15, 0.2) is 29.1 Å². The minimum atomic E-state index is -3.38. The molecule has 0 radical (unpaired) electrons. The number of piperidine rings is 1. The molecule has 1 saturated heterocycles. The van der Waals surface area contributed by atoms with Gasteiger partial charge in [-0.15, -0.1) is 0 Å². The molecule has 4 rings (SSSR count). The molecule has 2 aliphatic heterocycles. The van der Waals surface area contributed by atoms with Gasteiger partial charge in [0.25, 0.3) is 11.5 Å². The van der Waals surface area contributed by atoms with E-state index in [0.717, 1.165) is 12.7 Å². The van der Waals surface area contributed by atoms with Crippen LogP contribution in [0.1, 0.15) is 46.2 Å². The standard InChI is InChI=1S/C20H23FN4O4S/c1-30(28,29)25-10-8-17-15(12-25)19(26)23-18(22-17)13-5-4-9-24(11-13)20(27)14-6-2-3-7-16(14)21/h2-3,6-7,13H,4-5,8-12H2,1H3,(H,22,23,26)/t13-/m0/s1. The van der Waals surface area contributed by atoms with Gasteiger partial charge >= 0.3 is 0 Å². The van der Waals surface area contributed by atoms with E-state index in [9.17, 15) is 22.4 Å². The van der Waals surface area contributed by atoms with Crippen molar-refractivity contribution < 1.29 is 17.6 Å². The average Bonchev–Trinajstić information content (AvgIpc) is 2.73. The van der Waals surface area contributed by atoms with Crippen LogP contribution in [0.3, 0.4) is 0 Å². The Morgan fingerprint density at radius 3 is 2.77 bits per heavy atom. The van der Waals surface area contributed by atoms with Crippen molar-refractivity contribution in [3.8, 4) is 0 Å². The predicted molar refractivity (Wildman–Crippen MR) is 108 cm³/mol. The number of aromatic amines is 1. The molecule has 8 nitrogen and oxygen atoms in total. The van der Waals surface area contributed by atoms with E-state index in [-0.39, 0.29) is 36.0 Å². The number of nitrogens with one attached hydrogen (secondary N) is 1. The summed E-state index contributed by atoms with van der Waals surface area (Å²) < 4.78 is 38.9. The molecule has 0 saturated carbocycles. The minimum absolute atomic E-state index is 0.0132. The lowest BCUT2D eigenvalue weighted by molar-refractivity contribution is 0.0699. The molecule has 0 bridgehead atoms. The minimum Gasteiger partial charge on any atom is -0.338 e. The van der Waals surface area contributed by atoms with Crippen LogP contribution in [0.2, 0.25) is 0 Å². The first-order chi connectivity index (χ1) is 14.2. The van der Waals surface area contributed by atoms with Crippen LogP contribution in [-0.4, -0.2) is 59.4 Å². The Kier molecular flexibility index (Phi) is 5.46. The van der Waals surface area contributed by atoms with Crippen molar-refractivity contribution in [1.29, 1.82) is 0 Å². The number of amides is 1. The van der Waals surface area contributed by atoms with Gasteiger partial charge in [-0.1, -0.05) is 12.1 Å². The lowest BCUT2D eigenvalue weighted by Crippen LogP contribution is -2.42. The van der Waals surface area contributed by atoms with Gasteiger partial charge in [0.15, 0.2) is 0 Å². The van der Waals surface area contributed by atoms with Gasteiger partial charge in [0.1, 0.15) is 11.6 Å². The number of hydrogen-bond acceptors (Lipinski definition) is 5. The molecule has 160 valence electrons. The fraction of sp³-hybridized carbons (Fsp3) is 0.450. The maximum absolute atomic E-state index is 14.0. The summed E-state index contributed by atoms with van der Waals surface area (Å²) in [5.41, 5.74) is 0.656. The Balaban J connectivity index is 1.56. The zero-order valence-corrected chi connectivity index (χ0v) is 17.4. The van der Waals surface area contributed by atoms with Crippen LogP contribution in [0.4, 0.5) is 4.39 Å². The van der Waals surface area contributed by atoms with E-state index in [4.69, 9.17) is 0 Å². The number of sulfonamides is 1. The Morgan fingerprint density at radius 1 is 1.27 bits per heavy atom. The van der Waals surface area contributed by atoms with Crippen molar-refractivity contribution in [2.75, 3.05) is 25.9 Å². The van der Waals surface area contributed by atoms with Crippen LogP contribution in [0, 0.1) is 5.82 Å². The summed E-state index contributed by atoms with van der Waals surface area (Å²) in [5.74, 6) is -0.597. The molecular weight excluding hydrogens is 411 g/mol. The molecule has 0 spiro atoms. The molecular formula is C20H23FN4O4S. The Hall–Kier alpha value is -2.59. The lowest BCUT2D eigenvalue weighted by atomic mass is 9.95. The quantitative estimate of drug-likeness (QED) is 0.783. The van der Waals surface area contributed by atoms with E-state index in [0.29, 0.717) is 43.0 Å². The summed E-state index contributed by atoms with van der Waals surface area (Å²) in [7, 11) is -3.38. The smallest absolute Gasteiger partial charge is 0.256 e. The van der Waals surface area contributed by atoms with Crippen molar-refractivity contribution in [2.24, 2.45) is 0 Å². The summed E-state index contributed by atoms with van der Waals surface area (Å²) in [6.45, 7) is 1.15. The fourth-order valence-corrected chi connectivity index (χ4v) is 4.87. The Morgan fingerprint density at radius 2 is 2.03 bits per heavy atom. The SMILES string of the molecule is CS(=O)(=O)N1CCc2nc([C@H]3CCCN(C(=O)c4ccccc4F)C3)[nH]c(=O)c2C1. The Bertz CT molecular complexity index is 1150. The lowest BCUT2D eigenvalue weighted by Gasteiger charge is -2.33. The number of benzene rings is 1. The molecule has 3 heterocycles. The van der Waals surface area contributed by atoms with Gasteiger partial charge in [-0.3, -0.25) is 9.59 Å². The summed E-state index contributed by atoms with van der Waals surface area (Å²) in [5, 5.41) is 0. The van der Waals surface area contributed by atoms with E-state index >= 15 is 0 Å². The average molecular weight is 434 g/mol. The molecule has 1 amide bonds. The third-order valence-electron chi connectivity index (χ3n) is 5.72. The van der Waals surface area contributed by atoms with Crippen molar-refractivity contribution in [3.63, 3.8) is 0 Å². The van der Waals surface area contributed by atoms with Crippen LogP contribution in [0.5, 0.6) is 0 Å². The molecule has 1 fully saturated rings. The zero-order valence-electron chi connectivity index (χ0n) is 16.6. The number of nitrogens with zero attached hydrogens (tertiary/aromatic N) is 3. The monoisotopic (exact) mass is 434 g/mol. The van der Waals surface area contributed by atoms with Crippen molar-refractivity contribution >= 4 is 15.9 Å². The maximum Gasteiger partial charge on any atom is 0.256 e. The largest absolute Gasteiger partial charge is 0.338 e. The van der Waals surface area contributed by atoms with Crippen LogP contribution in [-0.2, 0) is 23.0 Å². The molecule has 2 aromatic rings. The van der Waals surface area contributed by atoms with Crippen LogP contribution in [0.25, 0.3) is 0 Å². The Labute approximate surface area is 173 Å². The maximum atomic E-state index is 14.0. The van der Waals surface area contributed by atoms with E-state index in [1.807, 2.05) is 0 Å². The molecule has 2 aliphatic rings. The number of H-pyrrole nitrogens is 1. The fourth-order valence-electron chi connectivity index (χ4n) is 4.09. The summed E-state index contributed by atoms with van der Waals surface area (Å²) in [6, 6.07) is 5.89. The van der Waals surface area contributed by atoms with E-state index in [1.54, 1.807) is 11.0 Å². The van der Waals surface area contributed by atoms with E-state index in [1.165, 1.54) is 22.5 Å². The highest BCUT2D eigenvalue weighted by Crippen LogP contribution is 2.27. The molecule has 30 heavy (non-hydrogen) atoms. The number of hydrogen-bond donors (Lipinski definition) is 1. The second-order valence-corrected chi connectivity index (χ2v) is 9.78. The first kappa shape index (κ1) is 20.7. The predicted octanol–water partition coefficient (Wildman–Crippen LogP) is 1.25. The van der Waals surface area contributed by atoms with Crippen LogP contribution < -0.4 is 5.56 Å². The molecule has 1 N–H and O–H groups in total. The number of rotatable bonds is 3. The molecule has 10 heteroatoms. The van der Waals surface area contributed by atoms with Gasteiger partial charge in [0, 0.05) is 38.5 Å². The second-order valence-electron chi connectivity index (χ2n) is 7.79. The number of halogens is 1. The summed E-state index contributed by atoms with van der Waals surface area (Å²) >= 11 is 0. The highest BCUT2D eigenvalue weighted by Gasteiger charge is 2.31. The summed E-state index contributed by atoms with van der Waals surface area (Å²) in [6.07, 6.45) is 2.95. The van der Waals surface area contributed by atoms with E-state index in [2.05, 4.69) is 9.97 Å². The number of carbonyl (C=O) groups is 1. The van der Waals surface area contributed by atoms with Crippen LogP contribution >= 0.6 is 0 Å². The van der Waals surface area contributed by atoms with E-state index < -0.39 is 15.8 Å². The number of aromatic nitrogens is 2. The van der Waals surface area contributed by atoms with Crippen molar-refractivity contribution in [2.45, 2.75) is 31.7 Å². The number of likely N-dealkylation sites (tertiary alicyclic amines) is 1. The highest BCUT2D eigenvalue weighted by atomic mass is 32.2. The van der Waals surface area contributed by atoms with Gasteiger partial charge in [0.2, 0.25) is 10.0 Å². The van der Waals surface area contributed by atoms with Gasteiger partial charge in [0.05, 0.1) is 23.1 Å². The molecule has 0 aliphatic carbocycles. The van der Waals surface area contributed by atoms with Gasteiger partial charge < -0.3 is 9.88 Å². The first-order valence-electron chi connectivity index (χ1n) is 9.85. The summed E-state index contributed by atoms with van der Waals surface area (Å²) in [4.78, 5) is 34.4. The van der Waals surface area contributed by atoms with Gasteiger partial charge in [-0.05, 0) is 25.0 Å². The normalized spacial score (nSPS) is 20.1. The number of carbonyl (C=O) groups excluding carboxylic acids is 1. The molecule has 0 unspecified atom stereocenters. The molecule has 1 atom stereocenters. The van der Waals surface area contributed by atoms with Crippen molar-refractivity contribution in [3.05, 3.63) is 63.1 Å². The van der Waals surface area contributed by atoms with Gasteiger partial charge in [-0.2, -0.15) is 4.31 Å². The molecule has 1 aromatic carbocycles. The second kappa shape index (κ2) is 7.92. The third-order valence-corrected chi connectivity index (χ3v) is 6.97. The topological polar surface area (TPSA) is 103 Å². The third kappa shape index (κ3) is 4.01. The first-order valence-corrected chi connectivity index (χ1v) is 11.7.